The molecule has 0 aliphatic heterocycles. The molecule has 0 spiro atoms. The molecule has 4 heteroatoms. The first-order valence-electron chi connectivity index (χ1n) is 6.93. The van der Waals surface area contributed by atoms with Crippen LogP contribution in [0.15, 0.2) is 54.6 Å². The molecule has 0 radical (unpaired) electrons. The van der Waals surface area contributed by atoms with Crippen molar-refractivity contribution in [3.05, 3.63) is 65.7 Å². The lowest BCUT2D eigenvalue weighted by Crippen LogP contribution is -2.23. The van der Waals surface area contributed by atoms with Gasteiger partial charge in [0.25, 0.3) is 0 Å². The highest BCUT2D eigenvalue weighted by molar-refractivity contribution is 7.84. The molecule has 0 bridgehead atoms. The molecule has 2 rings (SSSR count). The Labute approximate surface area is 128 Å². The van der Waals surface area contributed by atoms with Gasteiger partial charge >= 0.3 is 0 Å². The van der Waals surface area contributed by atoms with E-state index in [1.54, 1.807) is 7.11 Å². The highest BCUT2D eigenvalue weighted by Gasteiger charge is 2.14. The first-order valence-corrected chi connectivity index (χ1v) is 8.42. The monoisotopic (exact) mass is 303 g/mol. The van der Waals surface area contributed by atoms with Gasteiger partial charge in [-0.15, -0.1) is 0 Å². The third kappa shape index (κ3) is 4.69. The lowest BCUT2D eigenvalue weighted by atomic mass is 10.1. The first kappa shape index (κ1) is 15.7. The van der Waals surface area contributed by atoms with Crippen molar-refractivity contribution in [1.29, 1.82) is 0 Å². The van der Waals surface area contributed by atoms with Crippen LogP contribution in [-0.4, -0.2) is 24.1 Å². The van der Waals surface area contributed by atoms with Crippen molar-refractivity contribution in [3.8, 4) is 5.75 Å². The summed E-state index contributed by atoms with van der Waals surface area (Å²) >= 11 is 0. The van der Waals surface area contributed by atoms with E-state index in [1.807, 2.05) is 61.6 Å². The van der Waals surface area contributed by atoms with Crippen molar-refractivity contribution >= 4 is 10.8 Å². The molecular weight excluding hydrogens is 282 g/mol. The van der Waals surface area contributed by atoms with Crippen LogP contribution in [0.25, 0.3) is 0 Å². The van der Waals surface area contributed by atoms with Crippen LogP contribution in [0.1, 0.15) is 17.2 Å². The molecule has 3 nitrogen and oxygen atoms in total. The van der Waals surface area contributed by atoms with Gasteiger partial charge in [-0.2, -0.15) is 0 Å². The zero-order valence-corrected chi connectivity index (χ0v) is 13.2. The van der Waals surface area contributed by atoms with Crippen LogP contribution in [0.5, 0.6) is 5.75 Å². The van der Waals surface area contributed by atoms with E-state index in [1.165, 1.54) is 0 Å². The van der Waals surface area contributed by atoms with Crippen LogP contribution < -0.4 is 10.1 Å². The van der Waals surface area contributed by atoms with Gasteiger partial charge in [0.15, 0.2) is 0 Å². The van der Waals surface area contributed by atoms with Crippen LogP contribution in [0.2, 0.25) is 0 Å². The van der Waals surface area contributed by atoms with E-state index in [0.29, 0.717) is 11.5 Å². The predicted octanol–water partition coefficient (Wildman–Crippen LogP) is 2.90. The molecule has 0 saturated carbocycles. The number of benzene rings is 2. The summed E-state index contributed by atoms with van der Waals surface area (Å²) in [5.41, 5.74) is 2.20. The topological polar surface area (TPSA) is 38.3 Å². The maximum absolute atomic E-state index is 12.3. The molecule has 0 amide bonds. The van der Waals surface area contributed by atoms with Gasteiger partial charge in [0.1, 0.15) is 5.75 Å². The molecule has 2 atom stereocenters. The van der Waals surface area contributed by atoms with E-state index in [4.69, 9.17) is 4.74 Å². The van der Waals surface area contributed by atoms with Crippen molar-refractivity contribution < 1.29 is 8.95 Å². The molecule has 0 aromatic heterocycles. The molecule has 112 valence electrons. The zero-order valence-electron chi connectivity index (χ0n) is 12.4. The summed E-state index contributed by atoms with van der Waals surface area (Å²) < 4.78 is 17.6. The van der Waals surface area contributed by atoms with Gasteiger partial charge in [-0.3, -0.25) is 4.21 Å². The highest BCUT2D eigenvalue weighted by Crippen LogP contribution is 2.20. The SMILES string of the molecule is CNC(CS(=O)Cc1ccccc1)c1cccc(OC)c1. The number of methoxy groups -OCH3 is 1. The summed E-state index contributed by atoms with van der Waals surface area (Å²) in [4.78, 5) is 0. The van der Waals surface area contributed by atoms with Gasteiger partial charge in [-0.25, -0.2) is 0 Å². The fourth-order valence-corrected chi connectivity index (χ4v) is 3.62. The van der Waals surface area contributed by atoms with Crippen molar-refractivity contribution in [2.75, 3.05) is 19.9 Å². The highest BCUT2D eigenvalue weighted by atomic mass is 32.2. The molecule has 0 aliphatic carbocycles. The summed E-state index contributed by atoms with van der Waals surface area (Å²) in [5.74, 6) is 1.99. The Hall–Kier alpha value is -1.65. The largest absolute Gasteiger partial charge is 0.497 e. The van der Waals surface area contributed by atoms with Crippen molar-refractivity contribution in [2.24, 2.45) is 0 Å². The molecule has 0 heterocycles. The molecule has 2 unspecified atom stereocenters. The smallest absolute Gasteiger partial charge is 0.119 e. The zero-order chi connectivity index (χ0) is 15.1. The summed E-state index contributed by atoms with van der Waals surface area (Å²) in [6.45, 7) is 0. The summed E-state index contributed by atoms with van der Waals surface area (Å²) in [6, 6.07) is 17.9. The average molecular weight is 303 g/mol. The fraction of sp³-hybridized carbons (Fsp3) is 0.294. The lowest BCUT2D eigenvalue weighted by molar-refractivity contribution is 0.413. The Morgan fingerprint density at radius 3 is 2.57 bits per heavy atom. The Morgan fingerprint density at radius 1 is 1.14 bits per heavy atom. The van der Waals surface area contributed by atoms with Crippen molar-refractivity contribution in [1.82, 2.24) is 5.32 Å². The maximum atomic E-state index is 12.3. The molecule has 21 heavy (non-hydrogen) atoms. The van der Waals surface area contributed by atoms with Gasteiger partial charge in [-0.1, -0.05) is 42.5 Å². The van der Waals surface area contributed by atoms with Crippen LogP contribution in [0, 0.1) is 0 Å². The first-order chi connectivity index (χ1) is 10.2. The minimum atomic E-state index is -0.913. The van der Waals surface area contributed by atoms with Gasteiger partial charge in [-0.05, 0) is 30.3 Å². The van der Waals surface area contributed by atoms with Crippen molar-refractivity contribution in [3.63, 3.8) is 0 Å². The summed E-state index contributed by atoms with van der Waals surface area (Å²) in [6.07, 6.45) is 0. The van der Waals surface area contributed by atoms with Gasteiger partial charge in [0, 0.05) is 28.3 Å². The molecule has 0 saturated heterocycles. The fourth-order valence-electron chi connectivity index (χ4n) is 2.21. The Morgan fingerprint density at radius 2 is 1.90 bits per heavy atom. The standard InChI is InChI=1S/C17H21NO2S/c1-18-17(15-9-6-10-16(11-15)20-2)13-21(19)12-14-7-4-3-5-8-14/h3-11,17-18H,12-13H2,1-2H3. The summed E-state index contributed by atoms with van der Waals surface area (Å²) in [5, 5.41) is 3.24. The number of hydrogen-bond acceptors (Lipinski definition) is 3. The van der Waals surface area contributed by atoms with E-state index in [9.17, 15) is 4.21 Å². The second kappa shape index (κ2) is 7.96. The number of nitrogens with one attached hydrogen (secondary N) is 1. The average Bonchev–Trinajstić information content (AvgIpc) is 2.53. The van der Waals surface area contributed by atoms with E-state index in [-0.39, 0.29) is 6.04 Å². The van der Waals surface area contributed by atoms with E-state index in [2.05, 4.69) is 5.32 Å². The quantitative estimate of drug-likeness (QED) is 0.855. The normalized spacial score (nSPS) is 13.6. The molecular formula is C17H21NO2S. The van der Waals surface area contributed by atoms with Gasteiger partial charge < -0.3 is 10.1 Å². The third-order valence-electron chi connectivity index (χ3n) is 3.37. The Bertz CT molecular complexity index is 586. The van der Waals surface area contributed by atoms with Crippen LogP contribution in [0.3, 0.4) is 0 Å². The minimum absolute atomic E-state index is 0.0599. The van der Waals surface area contributed by atoms with Crippen LogP contribution in [-0.2, 0) is 16.6 Å². The molecule has 1 N–H and O–H groups in total. The molecule has 0 fully saturated rings. The van der Waals surface area contributed by atoms with E-state index < -0.39 is 10.8 Å². The predicted molar refractivity (Wildman–Crippen MR) is 88.0 cm³/mol. The lowest BCUT2D eigenvalue weighted by Gasteiger charge is -2.17. The third-order valence-corrected chi connectivity index (χ3v) is 4.73. The van der Waals surface area contributed by atoms with Crippen LogP contribution in [0.4, 0.5) is 0 Å². The second-order valence-electron chi connectivity index (χ2n) is 4.85. The number of ether oxygens (including phenoxy) is 1. The number of rotatable bonds is 7. The van der Waals surface area contributed by atoms with E-state index >= 15 is 0 Å². The van der Waals surface area contributed by atoms with Gasteiger partial charge in [0.05, 0.1) is 7.11 Å². The molecule has 0 aliphatic rings. The summed E-state index contributed by atoms with van der Waals surface area (Å²) in [7, 11) is 2.63. The Kier molecular flexibility index (Phi) is 5.96. The van der Waals surface area contributed by atoms with Crippen molar-refractivity contribution in [2.45, 2.75) is 11.8 Å². The second-order valence-corrected chi connectivity index (χ2v) is 6.36. The van der Waals surface area contributed by atoms with Gasteiger partial charge in [0.2, 0.25) is 0 Å². The number of hydrogen-bond donors (Lipinski definition) is 1. The minimum Gasteiger partial charge on any atom is -0.497 e. The van der Waals surface area contributed by atoms with Crippen LogP contribution >= 0.6 is 0 Å². The molecule has 2 aromatic carbocycles. The molecule has 2 aromatic rings. The van der Waals surface area contributed by atoms with E-state index in [0.717, 1.165) is 16.9 Å². The Balaban J connectivity index is 2.03. The maximum Gasteiger partial charge on any atom is 0.119 e.